The van der Waals surface area contributed by atoms with Crippen molar-refractivity contribution in [2.75, 3.05) is 26.7 Å². The Balaban J connectivity index is 1.95. The summed E-state index contributed by atoms with van der Waals surface area (Å²) in [7, 11) is 2.17. The summed E-state index contributed by atoms with van der Waals surface area (Å²) >= 11 is 3.41. The average Bonchev–Trinajstić information content (AvgIpc) is 2.43. The van der Waals surface area contributed by atoms with Crippen molar-refractivity contribution in [1.29, 1.82) is 0 Å². The molecule has 0 bridgehead atoms. The second kappa shape index (κ2) is 6.54. The number of rotatable bonds is 4. The van der Waals surface area contributed by atoms with Crippen LogP contribution in [0.2, 0.25) is 0 Å². The lowest BCUT2D eigenvalue weighted by Crippen LogP contribution is -2.42. The molecule has 1 atom stereocenters. The number of hydrogen-bond acceptors (Lipinski definition) is 2. The average molecular weight is 343 g/mol. The molecule has 1 aromatic carbocycles. The van der Waals surface area contributed by atoms with Crippen LogP contribution in [-0.4, -0.2) is 31.6 Å². The largest absolute Gasteiger partial charge is 0.310 e. The second-order valence-corrected chi connectivity index (χ2v) is 7.30. The number of hydrogen-bond donors (Lipinski definition) is 1. The molecular weight excluding hydrogens is 319 g/mol. The van der Waals surface area contributed by atoms with Crippen LogP contribution in [0.25, 0.3) is 0 Å². The van der Waals surface area contributed by atoms with E-state index < -0.39 is 0 Å². The van der Waals surface area contributed by atoms with Crippen LogP contribution in [0.15, 0.2) is 22.7 Å². The monoisotopic (exact) mass is 342 g/mol. The third-order valence-corrected chi connectivity index (χ3v) is 4.95. The zero-order valence-corrected chi connectivity index (χ0v) is 14.1. The van der Waals surface area contributed by atoms with Gasteiger partial charge >= 0.3 is 0 Å². The van der Waals surface area contributed by atoms with Crippen LogP contribution in [-0.2, 0) is 0 Å². The standard InChI is InChI=1S/C16H24BrFN2/c1-12(14-10-13(17)4-5-15(14)18)19-11-16(2)6-8-20(3)9-7-16/h4-5,10,12,19H,6-9,11H2,1-3H3. The van der Waals surface area contributed by atoms with Crippen molar-refractivity contribution in [2.45, 2.75) is 32.7 Å². The Morgan fingerprint density at radius 3 is 2.70 bits per heavy atom. The number of nitrogens with zero attached hydrogens (tertiary/aromatic N) is 1. The van der Waals surface area contributed by atoms with Crippen molar-refractivity contribution in [3.8, 4) is 0 Å². The van der Waals surface area contributed by atoms with Gasteiger partial charge in [0, 0.05) is 22.6 Å². The van der Waals surface area contributed by atoms with Crippen molar-refractivity contribution in [1.82, 2.24) is 10.2 Å². The maximum absolute atomic E-state index is 13.9. The molecule has 0 spiro atoms. The van der Waals surface area contributed by atoms with Gasteiger partial charge in [-0.15, -0.1) is 0 Å². The molecule has 1 unspecified atom stereocenters. The molecule has 2 nitrogen and oxygen atoms in total. The van der Waals surface area contributed by atoms with Crippen LogP contribution in [0.1, 0.15) is 38.3 Å². The molecule has 0 saturated carbocycles. The summed E-state index contributed by atoms with van der Waals surface area (Å²) in [4.78, 5) is 2.37. The Hall–Kier alpha value is -0.450. The van der Waals surface area contributed by atoms with Gasteiger partial charge in [-0.2, -0.15) is 0 Å². The van der Waals surface area contributed by atoms with E-state index in [-0.39, 0.29) is 11.9 Å². The first-order chi connectivity index (χ1) is 9.39. The summed E-state index contributed by atoms with van der Waals surface area (Å²) in [5, 5.41) is 3.51. The predicted octanol–water partition coefficient (Wildman–Crippen LogP) is 3.97. The molecule has 4 heteroatoms. The fraction of sp³-hybridized carbons (Fsp3) is 0.625. The highest BCUT2D eigenvalue weighted by atomic mass is 79.9. The van der Waals surface area contributed by atoms with E-state index in [1.807, 2.05) is 13.0 Å². The molecule has 0 aromatic heterocycles. The molecule has 1 aliphatic rings. The lowest BCUT2D eigenvalue weighted by Gasteiger charge is -2.38. The van der Waals surface area contributed by atoms with Gasteiger partial charge in [0.25, 0.3) is 0 Å². The Kier molecular flexibility index (Phi) is 5.21. The highest BCUT2D eigenvalue weighted by Crippen LogP contribution is 2.30. The summed E-state index contributed by atoms with van der Waals surface area (Å²) in [5.41, 5.74) is 1.05. The third-order valence-electron chi connectivity index (χ3n) is 4.45. The van der Waals surface area contributed by atoms with Gasteiger partial charge in [0.2, 0.25) is 0 Å². The van der Waals surface area contributed by atoms with Gasteiger partial charge in [-0.05, 0) is 63.5 Å². The topological polar surface area (TPSA) is 15.3 Å². The molecule has 0 radical (unpaired) electrons. The highest BCUT2D eigenvalue weighted by Gasteiger charge is 2.29. The van der Waals surface area contributed by atoms with Crippen molar-refractivity contribution < 1.29 is 4.39 Å². The smallest absolute Gasteiger partial charge is 0.128 e. The second-order valence-electron chi connectivity index (χ2n) is 6.38. The van der Waals surface area contributed by atoms with Crippen LogP contribution in [0.4, 0.5) is 4.39 Å². The van der Waals surface area contributed by atoms with E-state index in [1.165, 1.54) is 18.9 Å². The first-order valence-corrected chi connectivity index (χ1v) is 8.06. The number of nitrogens with one attached hydrogen (secondary N) is 1. The molecule has 20 heavy (non-hydrogen) atoms. The van der Waals surface area contributed by atoms with E-state index in [9.17, 15) is 4.39 Å². The van der Waals surface area contributed by atoms with E-state index in [2.05, 4.69) is 40.1 Å². The van der Waals surface area contributed by atoms with Crippen LogP contribution >= 0.6 is 15.9 Å². The maximum atomic E-state index is 13.9. The normalized spacial score (nSPS) is 20.9. The molecule has 1 aliphatic heterocycles. The summed E-state index contributed by atoms with van der Waals surface area (Å²) in [6, 6.07) is 5.16. The number of likely N-dealkylation sites (tertiary alicyclic amines) is 1. The quantitative estimate of drug-likeness (QED) is 0.890. The molecule has 1 fully saturated rings. The van der Waals surface area contributed by atoms with Crippen LogP contribution in [0, 0.1) is 11.2 Å². The summed E-state index contributed by atoms with van der Waals surface area (Å²) in [5.74, 6) is -0.137. The molecule has 1 aromatic rings. The van der Waals surface area contributed by atoms with Gasteiger partial charge < -0.3 is 10.2 Å². The number of piperidine rings is 1. The van der Waals surface area contributed by atoms with E-state index in [1.54, 1.807) is 6.07 Å². The minimum atomic E-state index is -0.137. The van der Waals surface area contributed by atoms with Gasteiger partial charge in [0.1, 0.15) is 5.82 Å². The van der Waals surface area contributed by atoms with Crippen molar-refractivity contribution in [2.24, 2.45) is 5.41 Å². The SMILES string of the molecule is CC(NCC1(C)CCN(C)CC1)c1cc(Br)ccc1F. The summed E-state index contributed by atoms with van der Waals surface area (Å²) in [6.45, 7) is 7.60. The summed E-state index contributed by atoms with van der Waals surface area (Å²) < 4.78 is 14.8. The fourth-order valence-corrected chi connectivity index (χ4v) is 3.07. The fourth-order valence-electron chi connectivity index (χ4n) is 2.69. The minimum absolute atomic E-state index is 0.0315. The van der Waals surface area contributed by atoms with Crippen LogP contribution in [0.3, 0.4) is 0 Å². The lowest BCUT2D eigenvalue weighted by molar-refractivity contribution is 0.134. The zero-order chi connectivity index (χ0) is 14.8. The van der Waals surface area contributed by atoms with E-state index in [4.69, 9.17) is 0 Å². The Labute approximate surface area is 129 Å². The first-order valence-electron chi connectivity index (χ1n) is 7.26. The van der Waals surface area contributed by atoms with Crippen LogP contribution < -0.4 is 5.32 Å². The van der Waals surface area contributed by atoms with Crippen LogP contribution in [0.5, 0.6) is 0 Å². The van der Waals surface area contributed by atoms with Gasteiger partial charge in [-0.1, -0.05) is 22.9 Å². The van der Waals surface area contributed by atoms with Crippen molar-refractivity contribution in [3.63, 3.8) is 0 Å². The third kappa shape index (κ3) is 4.03. The minimum Gasteiger partial charge on any atom is -0.310 e. The first kappa shape index (κ1) is 15.9. The van der Waals surface area contributed by atoms with Gasteiger partial charge in [-0.25, -0.2) is 4.39 Å². The van der Waals surface area contributed by atoms with Gasteiger partial charge in [0.05, 0.1) is 0 Å². The Bertz CT molecular complexity index is 456. The van der Waals surface area contributed by atoms with Crippen molar-refractivity contribution in [3.05, 3.63) is 34.1 Å². The van der Waals surface area contributed by atoms with Gasteiger partial charge in [0.15, 0.2) is 0 Å². The Morgan fingerprint density at radius 1 is 1.40 bits per heavy atom. The highest BCUT2D eigenvalue weighted by molar-refractivity contribution is 9.10. The molecule has 1 heterocycles. The molecule has 0 amide bonds. The Morgan fingerprint density at radius 2 is 2.05 bits per heavy atom. The molecular formula is C16H24BrFN2. The molecule has 0 aliphatic carbocycles. The van der Waals surface area contributed by atoms with E-state index in [0.29, 0.717) is 5.41 Å². The number of benzene rings is 1. The lowest BCUT2D eigenvalue weighted by atomic mass is 9.80. The van der Waals surface area contributed by atoms with Crippen molar-refractivity contribution >= 4 is 15.9 Å². The number of halogens is 2. The predicted molar refractivity (Wildman–Crippen MR) is 85.4 cm³/mol. The molecule has 2 rings (SSSR count). The maximum Gasteiger partial charge on any atom is 0.128 e. The molecule has 1 saturated heterocycles. The summed E-state index contributed by atoms with van der Waals surface area (Å²) in [6.07, 6.45) is 2.40. The van der Waals surface area contributed by atoms with Gasteiger partial charge in [-0.3, -0.25) is 0 Å². The van der Waals surface area contributed by atoms with E-state index >= 15 is 0 Å². The molecule has 1 N–H and O–H groups in total. The zero-order valence-electron chi connectivity index (χ0n) is 12.5. The molecule has 112 valence electrons. The van der Waals surface area contributed by atoms with E-state index in [0.717, 1.165) is 29.7 Å².